The van der Waals surface area contributed by atoms with Crippen LogP contribution in [0.15, 0.2) is 0 Å². The van der Waals surface area contributed by atoms with Gasteiger partial charge in [0.1, 0.15) is 5.60 Å². The first kappa shape index (κ1) is 21.4. The molecule has 0 heterocycles. The van der Waals surface area contributed by atoms with Gasteiger partial charge in [-0.3, -0.25) is 4.79 Å². The smallest absolute Gasteiger partial charge is 0.306 e. The number of hydrogen-bond donors (Lipinski definition) is 1. The molecule has 0 fully saturated rings. The minimum Gasteiger partial charge on any atom is -0.460 e. The summed E-state index contributed by atoms with van der Waals surface area (Å²) in [5, 5.41) is 0. The van der Waals surface area contributed by atoms with E-state index in [0.29, 0.717) is 26.0 Å². The molecule has 4 nitrogen and oxygen atoms in total. The Balaban J connectivity index is 4.12. The number of rotatable bonds is 10. The van der Waals surface area contributed by atoms with Crippen LogP contribution in [-0.2, 0) is 14.3 Å². The molecule has 0 amide bonds. The van der Waals surface area contributed by atoms with Crippen molar-refractivity contribution in [2.24, 2.45) is 11.1 Å². The number of unbranched alkanes of at least 4 members (excludes halogenated alkanes) is 2. The summed E-state index contributed by atoms with van der Waals surface area (Å²) >= 11 is 0. The summed E-state index contributed by atoms with van der Waals surface area (Å²) in [4.78, 5) is 11.8. The second-order valence-electron chi connectivity index (χ2n) is 8.19. The molecule has 0 rings (SSSR count). The van der Waals surface area contributed by atoms with E-state index in [9.17, 15) is 4.79 Å². The van der Waals surface area contributed by atoms with Crippen molar-refractivity contribution in [2.45, 2.75) is 91.8 Å². The molecule has 0 aliphatic carbocycles. The van der Waals surface area contributed by atoms with Gasteiger partial charge in [-0.15, -0.1) is 0 Å². The van der Waals surface area contributed by atoms with Crippen LogP contribution in [-0.4, -0.2) is 30.3 Å². The van der Waals surface area contributed by atoms with E-state index in [-0.39, 0.29) is 17.0 Å². The van der Waals surface area contributed by atoms with Gasteiger partial charge in [0, 0.05) is 12.8 Å². The Morgan fingerprint density at radius 3 is 2.05 bits per heavy atom. The zero-order valence-corrected chi connectivity index (χ0v) is 15.8. The largest absolute Gasteiger partial charge is 0.460 e. The van der Waals surface area contributed by atoms with E-state index >= 15 is 0 Å². The summed E-state index contributed by atoms with van der Waals surface area (Å²) < 4.78 is 11.6. The molecule has 2 N–H and O–H groups in total. The van der Waals surface area contributed by atoms with E-state index in [0.717, 1.165) is 19.3 Å². The average Bonchev–Trinajstić information content (AvgIpc) is 2.32. The van der Waals surface area contributed by atoms with Crippen molar-refractivity contribution in [1.82, 2.24) is 0 Å². The monoisotopic (exact) mass is 315 g/mol. The van der Waals surface area contributed by atoms with Crippen LogP contribution in [0.4, 0.5) is 0 Å². The molecule has 0 bridgehead atoms. The number of nitrogens with two attached hydrogens (primary N) is 1. The minimum atomic E-state index is -0.487. The van der Waals surface area contributed by atoms with Gasteiger partial charge in [-0.2, -0.15) is 0 Å². The van der Waals surface area contributed by atoms with Crippen LogP contribution in [0.1, 0.15) is 80.6 Å². The second kappa shape index (κ2) is 8.88. The molecule has 0 aliphatic heterocycles. The van der Waals surface area contributed by atoms with Crippen molar-refractivity contribution >= 4 is 5.97 Å². The van der Waals surface area contributed by atoms with E-state index < -0.39 is 5.60 Å². The average molecular weight is 315 g/mol. The molecule has 22 heavy (non-hydrogen) atoms. The van der Waals surface area contributed by atoms with E-state index in [1.54, 1.807) is 0 Å². The highest BCUT2D eigenvalue weighted by Crippen LogP contribution is 2.33. The van der Waals surface area contributed by atoms with Crippen LogP contribution >= 0.6 is 0 Å². The molecule has 0 spiro atoms. The maximum atomic E-state index is 11.8. The lowest BCUT2D eigenvalue weighted by atomic mass is 9.79. The van der Waals surface area contributed by atoms with Gasteiger partial charge < -0.3 is 15.2 Å². The SMILES string of the molecule is CC(C)(CCOC(C)(C)C(C)(C)C)OC(=O)CCCCCN. The Bertz CT molecular complexity index is 330. The summed E-state index contributed by atoms with van der Waals surface area (Å²) in [6, 6.07) is 0. The maximum Gasteiger partial charge on any atom is 0.306 e. The molecule has 0 unspecified atom stereocenters. The third-order valence-electron chi connectivity index (χ3n) is 4.45. The lowest BCUT2D eigenvalue weighted by Gasteiger charge is -2.39. The number of carbonyl (C=O) groups excluding carboxylic acids is 1. The Kier molecular flexibility index (Phi) is 8.63. The van der Waals surface area contributed by atoms with E-state index in [2.05, 4.69) is 34.6 Å². The van der Waals surface area contributed by atoms with Crippen molar-refractivity contribution in [3.8, 4) is 0 Å². The zero-order chi connectivity index (χ0) is 17.4. The molecule has 4 heteroatoms. The van der Waals surface area contributed by atoms with Gasteiger partial charge >= 0.3 is 5.97 Å². The lowest BCUT2D eigenvalue weighted by molar-refractivity contribution is -0.161. The predicted molar refractivity (Wildman–Crippen MR) is 91.8 cm³/mol. The van der Waals surface area contributed by atoms with Gasteiger partial charge in [0.25, 0.3) is 0 Å². The first-order valence-electron chi connectivity index (χ1n) is 8.47. The molecule has 0 aromatic heterocycles. The van der Waals surface area contributed by atoms with E-state index in [1.807, 2.05) is 13.8 Å². The van der Waals surface area contributed by atoms with E-state index in [1.165, 1.54) is 0 Å². The highest BCUT2D eigenvalue weighted by atomic mass is 16.6. The summed E-state index contributed by atoms with van der Waals surface area (Å²) in [5.74, 6) is -0.128. The number of carbonyl (C=O) groups is 1. The van der Waals surface area contributed by atoms with Gasteiger partial charge in [-0.25, -0.2) is 0 Å². The minimum absolute atomic E-state index is 0.0663. The van der Waals surface area contributed by atoms with Gasteiger partial charge in [-0.1, -0.05) is 27.2 Å². The Morgan fingerprint density at radius 1 is 0.955 bits per heavy atom. The molecular weight excluding hydrogens is 278 g/mol. The van der Waals surface area contributed by atoms with Crippen LogP contribution < -0.4 is 5.73 Å². The quantitative estimate of drug-likeness (QED) is 0.488. The molecule has 0 aromatic carbocycles. The molecule has 0 atom stereocenters. The fraction of sp³-hybridized carbons (Fsp3) is 0.944. The van der Waals surface area contributed by atoms with Gasteiger partial charge in [0.2, 0.25) is 0 Å². The fourth-order valence-electron chi connectivity index (χ4n) is 1.77. The number of hydrogen-bond acceptors (Lipinski definition) is 4. The second-order valence-corrected chi connectivity index (χ2v) is 8.19. The molecule has 0 saturated carbocycles. The molecule has 0 radical (unpaired) electrons. The molecule has 0 aromatic rings. The third kappa shape index (κ3) is 8.74. The third-order valence-corrected chi connectivity index (χ3v) is 4.45. The van der Waals surface area contributed by atoms with Crippen LogP contribution in [0.2, 0.25) is 0 Å². The van der Waals surface area contributed by atoms with Crippen molar-refractivity contribution in [3.63, 3.8) is 0 Å². The van der Waals surface area contributed by atoms with Crippen molar-refractivity contribution in [3.05, 3.63) is 0 Å². The Labute approximate surface area is 137 Å². The van der Waals surface area contributed by atoms with Gasteiger partial charge in [-0.05, 0) is 52.5 Å². The Morgan fingerprint density at radius 2 is 1.55 bits per heavy atom. The maximum absolute atomic E-state index is 11.8. The highest BCUT2D eigenvalue weighted by molar-refractivity contribution is 5.69. The van der Waals surface area contributed by atoms with Crippen LogP contribution in [0.5, 0.6) is 0 Å². The normalized spacial score (nSPS) is 13.3. The summed E-state index contributed by atoms with van der Waals surface area (Å²) in [6.45, 7) is 15.8. The lowest BCUT2D eigenvalue weighted by Crippen LogP contribution is -2.41. The summed E-state index contributed by atoms with van der Waals surface area (Å²) in [6.07, 6.45) is 3.96. The van der Waals surface area contributed by atoms with Crippen LogP contribution in [0, 0.1) is 5.41 Å². The van der Waals surface area contributed by atoms with Crippen molar-refractivity contribution in [1.29, 1.82) is 0 Å². The highest BCUT2D eigenvalue weighted by Gasteiger charge is 2.34. The Hall–Kier alpha value is -0.610. The topological polar surface area (TPSA) is 61.5 Å². The molecule has 132 valence electrons. The van der Waals surface area contributed by atoms with Crippen LogP contribution in [0.3, 0.4) is 0 Å². The summed E-state index contributed by atoms with van der Waals surface area (Å²) in [7, 11) is 0. The predicted octanol–water partition coefficient (Wildman–Crippen LogP) is 4.06. The van der Waals surface area contributed by atoms with Crippen molar-refractivity contribution in [2.75, 3.05) is 13.2 Å². The van der Waals surface area contributed by atoms with E-state index in [4.69, 9.17) is 15.2 Å². The first-order valence-corrected chi connectivity index (χ1v) is 8.47. The summed E-state index contributed by atoms with van der Waals surface area (Å²) in [5.41, 5.74) is 4.80. The van der Waals surface area contributed by atoms with Crippen LogP contribution in [0.25, 0.3) is 0 Å². The first-order chi connectivity index (χ1) is 9.91. The molecule has 0 aliphatic rings. The molecular formula is C18H37NO3. The standard InChI is InChI=1S/C18H37NO3/c1-16(2,3)18(6,7)21-14-12-17(4,5)22-15(20)11-9-8-10-13-19/h8-14,19H2,1-7H3. The molecule has 0 saturated heterocycles. The number of esters is 1. The zero-order valence-electron chi connectivity index (χ0n) is 15.8. The van der Waals surface area contributed by atoms with Crippen molar-refractivity contribution < 1.29 is 14.3 Å². The van der Waals surface area contributed by atoms with Gasteiger partial charge in [0.05, 0.1) is 12.2 Å². The fourth-order valence-corrected chi connectivity index (χ4v) is 1.77. The number of ether oxygens (including phenoxy) is 2. The van der Waals surface area contributed by atoms with Gasteiger partial charge in [0.15, 0.2) is 0 Å².